The fourth-order valence-electron chi connectivity index (χ4n) is 6.04. The van der Waals surface area contributed by atoms with E-state index in [4.69, 9.17) is 4.74 Å². The normalized spacial score (nSPS) is 33.0. The predicted octanol–water partition coefficient (Wildman–Crippen LogP) is 3.60. The minimum atomic E-state index is -3.96. The number of ether oxygens (including phenoxy) is 1. The number of halogens is 2. The van der Waals surface area contributed by atoms with E-state index in [1.165, 1.54) is 4.90 Å². The quantitative estimate of drug-likeness (QED) is 0.354. The number of hydrogen-bond acceptors (Lipinski definition) is 7. The fraction of sp³-hybridized carbons (Fsp3) is 0.774. The minimum Gasteiger partial charge on any atom is -0.437 e. The van der Waals surface area contributed by atoms with E-state index in [1.54, 1.807) is 13.3 Å². The van der Waals surface area contributed by atoms with Crippen LogP contribution in [-0.2, 0) is 29.1 Å². The second-order valence-electron chi connectivity index (χ2n) is 14.1. The van der Waals surface area contributed by atoms with Crippen LogP contribution in [0, 0.1) is 24.2 Å². The molecular formula is C31H47F2N4O7S. The molecule has 2 heterocycles. The van der Waals surface area contributed by atoms with Gasteiger partial charge in [0.1, 0.15) is 17.6 Å². The lowest BCUT2D eigenvalue weighted by Crippen LogP contribution is -2.60. The molecule has 0 aromatic heterocycles. The summed E-state index contributed by atoms with van der Waals surface area (Å²) in [4.78, 5) is 55.7. The molecule has 4 aliphatic rings. The first-order valence-corrected chi connectivity index (χ1v) is 17.3. The van der Waals surface area contributed by atoms with Crippen molar-refractivity contribution in [2.24, 2.45) is 17.8 Å². The zero-order valence-corrected chi connectivity index (χ0v) is 27.8. The minimum absolute atomic E-state index is 0.0872. The van der Waals surface area contributed by atoms with Crippen molar-refractivity contribution in [1.82, 2.24) is 20.3 Å². The molecule has 0 aromatic rings. The highest BCUT2D eigenvalue weighted by molar-refractivity contribution is 7.91. The van der Waals surface area contributed by atoms with E-state index in [0.29, 0.717) is 39.0 Å². The Morgan fingerprint density at radius 1 is 1.20 bits per heavy atom. The van der Waals surface area contributed by atoms with E-state index in [1.807, 2.05) is 26.0 Å². The average molecular weight is 658 g/mol. The van der Waals surface area contributed by atoms with Crippen LogP contribution in [-0.4, -0.2) is 77.6 Å². The Morgan fingerprint density at radius 3 is 2.47 bits per heavy atom. The van der Waals surface area contributed by atoms with Gasteiger partial charge >= 0.3 is 6.09 Å². The molecule has 253 valence electrons. The summed E-state index contributed by atoms with van der Waals surface area (Å²) in [5, 5.41) is 5.34. The van der Waals surface area contributed by atoms with Crippen LogP contribution in [0.5, 0.6) is 0 Å². The third-order valence-electron chi connectivity index (χ3n) is 10.1. The van der Waals surface area contributed by atoms with Gasteiger partial charge in [-0.3, -0.25) is 19.1 Å². The van der Waals surface area contributed by atoms with Crippen molar-refractivity contribution in [3.8, 4) is 0 Å². The van der Waals surface area contributed by atoms with Crippen LogP contribution in [0.25, 0.3) is 0 Å². The Balaban J connectivity index is 1.62. The van der Waals surface area contributed by atoms with Gasteiger partial charge in [-0.25, -0.2) is 22.0 Å². The maximum absolute atomic E-state index is 14.1. The van der Waals surface area contributed by atoms with Gasteiger partial charge in [0, 0.05) is 19.4 Å². The van der Waals surface area contributed by atoms with Gasteiger partial charge in [-0.1, -0.05) is 32.4 Å². The summed E-state index contributed by atoms with van der Waals surface area (Å²) in [5.41, 5.74) is -3.63. The molecule has 2 aliphatic heterocycles. The molecule has 0 aromatic carbocycles. The molecule has 2 aliphatic carbocycles. The van der Waals surface area contributed by atoms with Gasteiger partial charge in [0.15, 0.2) is 5.60 Å². The van der Waals surface area contributed by atoms with Gasteiger partial charge in [-0.15, -0.1) is 0 Å². The van der Waals surface area contributed by atoms with Gasteiger partial charge in [0.2, 0.25) is 21.8 Å². The molecule has 1 saturated heterocycles. The van der Waals surface area contributed by atoms with Crippen LogP contribution in [0.1, 0.15) is 92.9 Å². The van der Waals surface area contributed by atoms with Crippen LogP contribution in [0.2, 0.25) is 0 Å². The van der Waals surface area contributed by atoms with Crippen molar-refractivity contribution in [3.63, 3.8) is 0 Å². The molecule has 0 bridgehead atoms. The van der Waals surface area contributed by atoms with Crippen molar-refractivity contribution >= 4 is 33.8 Å². The van der Waals surface area contributed by atoms with Crippen molar-refractivity contribution in [2.75, 3.05) is 6.54 Å². The molecule has 0 unspecified atom stereocenters. The zero-order valence-electron chi connectivity index (χ0n) is 27.0. The molecule has 1 radical (unpaired) electrons. The summed E-state index contributed by atoms with van der Waals surface area (Å²) < 4.78 is 60.3. The molecule has 45 heavy (non-hydrogen) atoms. The fourth-order valence-corrected chi connectivity index (χ4v) is 7.35. The van der Waals surface area contributed by atoms with Gasteiger partial charge in [-0.05, 0) is 84.0 Å². The van der Waals surface area contributed by atoms with Gasteiger partial charge in [0.05, 0.1) is 4.75 Å². The lowest BCUT2D eigenvalue weighted by molar-refractivity contribution is -0.152. The first-order valence-electron chi connectivity index (χ1n) is 15.8. The van der Waals surface area contributed by atoms with E-state index in [2.05, 4.69) is 15.4 Å². The largest absolute Gasteiger partial charge is 0.437 e. The van der Waals surface area contributed by atoms with Crippen LogP contribution < -0.4 is 15.4 Å². The highest BCUT2D eigenvalue weighted by Gasteiger charge is 2.63. The Kier molecular flexibility index (Phi) is 9.70. The highest BCUT2D eigenvalue weighted by atomic mass is 32.2. The first kappa shape index (κ1) is 35.1. The summed E-state index contributed by atoms with van der Waals surface area (Å²) >= 11 is 0. The van der Waals surface area contributed by atoms with Crippen LogP contribution >= 0.6 is 0 Å². The van der Waals surface area contributed by atoms with Crippen molar-refractivity contribution in [2.45, 2.75) is 127 Å². The predicted molar refractivity (Wildman–Crippen MR) is 162 cm³/mol. The average Bonchev–Trinajstić information content (AvgIpc) is 3.79. The number of rotatable bonds is 7. The van der Waals surface area contributed by atoms with E-state index in [-0.39, 0.29) is 31.2 Å². The molecule has 3 fully saturated rings. The van der Waals surface area contributed by atoms with E-state index in [0.717, 1.165) is 20.3 Å². The third-order valence-corrected chi connectivity index (χ3v) is 12.3. The zero-order chi connectivity index (χ0) is 33.6. The molecule has 4 amide bonds. The van der Waals surface area contributed by atoms with E-state index >= 15 is 0 Å². The number of alkyl halides is 2. The van der Waals surface area contributed by atoms with Crippen molar-refractivity contribution in [3.05, 3.63) is 18.6 Å². The smallest absolute Gasteiger partial charge is 0.408 e. The monoisotopic (exact) mass is 657 g/mol. The summed E-state index contributed by atoms with van der Waals surface area (Å²) in [5.74, 6) is -6.05. The maximum Gasteiger partial charge on any atom is 0.408 e. The van der Waals surface area contributed by atoms with Gasteiger partial charge < -0.3 is 20.3 Å². The van der Waals surface area contributed by atoms with Crippen LogP contribution in [0.15, 0.2) is 12.2 Å². The number of nitrogens with one attached hydrogen (secondary N) is 3. The third kappa shape index (κ3) is 7.30. The number of alkyl carbamates (subject to hydrolysis) is 1. The molecule has 3 N–H and O–H groups in total. The number of hydrogen-bond donors (Lipinski definition) is 3. The Labute approximate surface area is 264 Å². The van der Waals surface area contributed by atoms with E-state index in [9.17, 15) is 36.4 Å². The molecule has 11 nitrogen and oxygen atoms in total. The second kappa shape index (κ2) is 12.4. The SMILES string of the molecule is CC[C@@H]1C[C@H](C)CC/C=C\[C@@H]2C[C@@]2(C(=O)NS(=O)(=O)C2(C)CC2)NC(=O)[C@@H]2C[CH]CN2C(=O)[C@H]1NC(=O)OC(C)(C)C(C)(F)F. The van der Waals surface area contributed by atoms with Crippen LogP contribution in [0.3, 0.4) is 0 Å². The van der Waals surface area contributed by atoms with Crippen molar-refractivity contribution < 1.29 is 41.1 Å². The van der Waals surface area contributed by atoms with Crippen molar-refractivity contribution in [1.29, 1.82) is 0 Å². The molecule has 4 rings (SSSR count). The Bertz CT molecular complexity index is 1330. The molecule has 6 atom stereocenters. The lowest BCUT2D eigenvalue weighted by Gasteiger charge is -2.35. The summed E-state index contributed by atoms with van der Waals surface area (Å²) in [7, 11) is -3.96. The summed E-state index contributed by atoms with van der Waals surface area (Å²) in [6.07, 6.45) is 7.95. The maximum atomic E-state index is 14.1. The number of carbonyl (C=O) groups is 4. The topological polar surface area (TPSA) is 151 Å². The number of fused-ring (bicyclic) bond motifs is 2. The van der Waals surface area contributed by atoms with E-state index < -0.39 is 73.6 Å². The van der Waals surface area contributed by atoms with Gasteiger partial charge in [-0.2, -0.15) is 0 Å². The standard InChI is InChI=1S/C31H47F2N4O7S/c1-7-20-17-19(2)11-8-9-12-21-18-31(21,26(40)36-45(42,43)29(5)14-15-29)35-24(38)22-13-10-16-37(22)25(39)23(20)34-27(41)44-28(3,4)30(6,32)33/h9-10,12,19-23H,7-8,11,13-18H2,1-6H3,(H,34,41)(H,35,38)(H,36,40)/b12-9-/t19-,20-,21-,22+,23+,31-/m1/s1. The Morgan fingerprint density at radius 2 is 1.87 bits per heavy atom. The van der Waals surface area contributed by atoms with Gasteiger partial charge in [0.25, 0.3) is 11.8 Å². The van der Waals surface area contributed by atoms with Crippen LogP contribution in [0.4, 0.5) is 13.6 Å². The first-order chi connectivity index (χ1) is 20.8. The molecule has 14 heteroatoms. The number of amides is 4. The number of allylic oxidation sites excluding steroid dienone is 1. The summed E-state index contributed by atoms with van der Waals surface area (Å²) in [6, 6.07) is -2.19. The molecule has 2 saturated carbocycles. The second-order valence-corrected chi connectivity index (χ2v) is 16.3. The lowest BCUT2D eigenvalue weighted by atomic mass is 9.85. The molecule has 0 spiro atoms. The number of carbonyl (C=O) groups excluding carboxylic acids is 4. The number of sulfonamides is 1. The Hall–Kier alpha value is -2.77. The highest BCUT2D eigenvalue weighted by Crippen LogP contribution is 2.47. The number of nitrogens with zero attached hydrogens (tertiary/aromatic N) is 1. The molecular weight excluding hydrogens is 610 g/mol. The summed E-state index contributed by atoms with van der Waals surface area (Å²) in [6.45, 7) is 8.35.